The fraction of sp³-hybridized carbons (Fsp3) is 0.111. The summed E-state index contributed by atoms with van der Waals surface area (Å²) in [4.78, 5) is 0.953. The van der Waals surface area contributed by atoms with E-state index in [-0.39, 0.29) is 6.61 Å². The van der Waals surface area contributed by atoms with Gasteiger partial charge in [-0.05, 0) is 51.7 Å². The molecule has 0 aliphatic rings. The van der Waals surface area contributed by atoms with Crippen LogP contribution in [-0.4, -0.2) is 5.11 Å². The molecule has 1 aromatic carbocycles. The lowest BCUT2D eigenvalue weighted by molar-refractivity contribution is 0.282. The number of fused-ring (bicyclic) bond motifs is 1. The predicted molar refractivity (Wildman–Crippen MR) is 67.7 cm³/mol. The van der Waals surface area contributed by atoms with Crippen molar-refractivity contribution in [2.24, 2.45) is 0 Å². The van der Waals surface area contributed by atoms with E-state index in [0.717, 1.165) is 10.5 Å². The number of hydrogen-bond donors (Lipinski definition) is 2. The summed E-state index contributed by atoms with van der Waals surface area (Å²) in [6.45, 7) is 0.0793. The number of thiophene rings is 1. The second-order valence-electron chi connectivity index (χ2n) is 2.74. The Balaban J connectivity index is 2.75. The maximum atomic E-state index is 9.00. The Morgan fingerprint density at radius 1 is 1.38 bits per heavy atom. The Bertz CT molecular complexity index is 450. The zero-order valence-electron chi connectivity index (χ0n) is 6.62. The van der Waals surface area contributed by atoms with E-state index >= 15 is 0 Å². The summed E-state index contributed by atoms with van der Waals surface area (Å²) in [5.74, 6) is 0. The van der Waals surface area contributed by atoms with Gasteiger partial charge in [-0.2, -0.15) is 0 Å². The third-order valence-corrected chi connectivity index (χ3v) is 4.26. The van der Waals surface area contributed by atoms with Gasteiger partial charge in [0.2, 0.25) is 0 Å². The van der Waals surface area contributed by atoms with Crippen LogP contribution in [0.4, 0.5) is 0 Å². The van der Waals surface area contributed by atoms with Gasteiger partial charge in [-0.25, -0.2) is 0 Å². The number of aliphatic hydroxyl groups excluding tert-OH is 1. The van der Waals surface area contributed by atoms with Crippen LogP contribution in [0.3, 0.4) is 0 Å². The molecule has 1 N–H and O–H groups in total. The molecular weight excluding hydrogens is 315 g/mol. The van der Waals surface area contributed by atoms with E-state index in [1.165, 1.54) is 13.0 Å². The molecule has 2 rings (SSSR count). The maximum Gasteiger partial charge on any atom is 0.0682 e. The Morgan fingerprint density at radius 2 is 2.15 bits per heavy atom. The summed E-state index contributed by atoms with van der Waals surface area (Å²) < 4.78 is 2.45. The van der Waals surface area contributed by atoms with Crippen LogP contribution < -0.4 is 0 Å². The van der Waals surface area contributed by atoms with E-state index in [9.17, 15) is 0 Å². The average Bonchev–Trinajstić information content (AvgIpc) is 2.46. The first-order valence-electron chi connectivity index (χ1n) is 3.72. The zero-order valence-corrected chi connectivity index (χ0v) is 10.5. The number of hydrogen-bond acceptors (Lipinski definition) is 3. The van der Waals surface area contributed by atoms with Gasteiger partial charge in [0.1, 0.15) is 0 Å². The Morgan fingerprint density at radius 3 is 2.85 bits per heavy atom. The molecule has 2 aromatic rings. The Hall–Kier alpha value is 0.220. The molecule has 0 saturated carbocycles. The van der Waals surface area contributed by atoms with Crippen LogP contribution in [-0.2, 0) is 6.61 Å². The van der Waals surface area contributed by atoms with Crippen LogP contribution in [0.15, 0.2) is 23.1 Å². The van der Waals surface area contributed by atoms with Crippen molar-refractivity contribution in [2.45, 2.75) is 11.5 Å². The minimum Gasteiger partial charge on any atom is -0.392 e. The molecule has 13 heavy (non-hydrogen) atoms. The van der Waals surface area contributed by atoms with E-state index < -0.39 is 0 Å². The van der Waals surface area contributed by atoms with E-state index in [2.05, 4.69) is 41.3 Å². The second kappa shape index (κ2) is 3.76. The van der Waals surface area contributed by atoms with Gasteiger partial charge in [0.15, 0.2) is 0 Å². The average molecular weight is 322 g/mol. The molecule has 0 aliphatic heterocycles. The molecule has 1 nitrogen and oxygen atoms in total. The molecule has 0 aliphatic carbocycles. The van der Waals surface area contributed by atoms with Gasteiger partial charge in [-0.3, -0.25) is 0 Å². The van der Waals surface area contributed by atoms with Crippen LogP contribution >= 0.6 is 46.6 Å². The lowest BCUT2D eigenvalue weighted by Crippen LogP contribution is -1.81. The van der Waals surface area contributed by atoms with Crippen molar-refractivity contribution in [3.05, 3.63) is 26.6 Å². The van der Waals surface area contributed by atoms with Crippen molar-refractivity contribution < 1.29 is 5.11 Å². The molecule has 0 atom stereocenters. The van der Waals surface area contributed by atoms with Gasteiger partial charge >= 0.3 is 0 Å². The van der Waals surface area contributed by atoms with Crippen LogP contribution in [0.25, 0.3) is 10.1 Å². The molecule has 0 saturated heterocycles. The fourth-order valence-corrected chi connectivity index (χ4v) is 3.46. The van der Waals surface area contributed by atoms with Gasteiger partial charge in [0.25, 0.3) is 0 Å². The summed E-state index contributed by atoms with van der Waals surface area (Å²) in [7, 11) is 0. The van der Waals surface area contributed by atoms with Crippen molar-refractivity contribution >= 4 is 56.6 Å². The van der Waals surface area contributed by atoms with E-state index in [1.807, 2.05) is 12.1 Å². The molecule has 68 valence electrons. The number of thiol groups is 1. The van der Waals surface area contributed by atoms with E-state index in [4.69, 9.17) is 5.11 Å². The molecule has 1 aromatic heterocycles. The highest BCUT2D eigenvalue weighted by Gasteiger charge is 2.04. The van der Waals surface area contributed by atoms with Crippen LogP contribution in [0.5, 0.6) is 0 Å². The number of rotatable bonds is 1. The Kier molecular flexibility index (Phi) is 2.83. The smallest absolute Gasteiger partial charge is 0.0682 e. The van der Waals surface area contributed by atoms with Crippen LogP contribution in [0.2, 0.25) is 0 Å². The Labute approximate surface area is 99.3 Å². The summed E-state index contributed by atoms with van der Waals surface area (Å²) >= 11 is 8.41. The lowest BCUT2D eigenvalue weighted by Gasteiger charge is -1.99. The third-order valence-electron chi connectivity index (χ3n) is 1.81. The first kappa shape index (κ1) is 9.76. The van der Waals surface area contributed by atoms with Gasteiger partial charge in [-0.1, -0.05) is 0 Å². The predicted octanol–water partition coefficient (Wildman–Crippen LogP) is 3.29. The molecular formula is C9H7IOS2. The van der Waals surface area contributed by atoms with Crippen molar-refractivity contribution in [3.8, 4) is 0 Å². The molecule has 0 bridgehead atoms. The van der Waals surface area contributed by atoms with Gasteiger partial charge in [-0.15, -0.1) is 24.0 Å². The standard InChI is InChI=1S/C9H7IOS2/c10-8-3-6-1-5(4-11)2-7(12)9(6)13-8/h1-3,11-12H,4H2. The molecule has 4 heteroatoms. The highest BCUT2D eigenvalue weighted by Crippen LogP contribution is 2.32. The van der Waals surface area contributed by atoms with Crippen LogP contribution in [0.1, 0.15) is 5.56 Å². The quantitative estimate of drug-likeness (QED) is 0.610. The molecule has 0 unspecified atom stereocenters. The summed E-state index contributed by atoms with van der Waals surface area (Å²) in [5, 5.41) is 10.2. The number of halogens is 1. The second-order valence-corrected chi connectivity index (χ2v) is 6.17. The monoisotopic (exact) mass is 322 g/mol. The first-order valence-corrected chi connectivity index (χ1v) is 6.07. The van der Waals surface area contributed by atoms with Crippen molar-refractivity contribution in [1.29, 1.82) is 0 Å². The van der Waals surface area contributed by atoms with Gasteiger partial charge in [0.05, 0.1) is 9.49 Å². The summed E-state index contributed by atoms with van der Waals surface area (Å²) in [6.07, 6.45) is 0. The summed E-state index contributed by atoms with van der Waals surface area (Å²) in [6, 6.07) is 6.03. The minimum atomic E-state index is 0.0793. The number of aliphatic hydroxyl groups is 1. The topological polar surface area (TPSA) is 20.2 Å². The molecule has 0 amide bonds. The molecule has 0 fully saturated rings. The number of benzene rings is 1. The minimum absolute atomic E-state index is 0.0793. The zero-order chi connectivity index (χ0) is 9.42. The lowest BCUT2D eigenvalue weighted by atomic mass is 10.2. The summed E-state index contributed by atoms with van der Waals surface area (Å²) in [5.41, 5.74) is 0.923. The van der Waals surface area contributed by atoms with Crippen LogP contribution in [0, 0.1) is 2.88 Å². The fourth-order valence-electron chi connectivity index (χ4n) is 1.25. The first-order chi connectivity index (χ1) is 6.20. The normalized spacial score (nSPS) is 11.0. The SMILES string of the molecule is OCc1cc(S)c2sc(I)cc2c1. The van der Waals surface area contributed by atoms with Crippen molar-refractivity contribution in [2.75, 3.05) is 0 Å². The van der Waals surface area contributed by atoms with Gasteiger partial charge in [0, 0.05) is 9.60 Å². The molecule has 1 heterocycles. The van der Waals surface area contributed by atoms with Crippen molar-refractivity contribution in [3.63, 3.8) is 0 Å². The third kappa shape index (κ3) is 1.86. The maximum absolute atomic E-state index is 9.00. The van der Waals surface area contributed by atoms with Crippen molar-refractivity contribution in [1.82, 2.24) is 0 Å². The van der Waals surface area contributed by atoms with E-state index in [0.29, 0.717) is 0 Å². The largest absolute Gasteiger partial charge is 0.392 e. The highest BCUT2D eigenvalue weighted by atomic mass is 127. The van der Waals surface area contributed by atoms with Gasteiger partial charge < -0.3 is 5.11 Å². The molecule has 0 spiro atoms. The molecule has 0 radical (unpaired) electrons. The highest BCUT2D eigenvalue weighted by molar-refractivity contribution is 14.1. The van der Waals surface area contributed by atoms with E-state index in [1.54, 1.807) is 11.3 Å².